The second-order valence-corrected chi connectivity index (χ2v) is 10.5. The van der Waals surface area contributed by atoms with Crippen LogP contribution in [0.1, 0.15) is 36.2 Å². The van der Waals surface area contributed by atoms with E-state index in [0.717, 1.165) is 0 Å². The highest BCUT2D eigenvalue weighted by atomic mass is 35.5. The number of rotatable bonds is 6. The van der Waals surface area contributed by atoms with E-state index in [0.29, 0.717) is 66.3 Å². The molecule has 12 heteroatoms. The maximum atomic E-state index is 13.5. The van der Waals surface area contributed by atoms with E-state index in [1.807, 2.05) is 23.1 Å². The molecule has 11 nitrogen and oxygen atoms in total. The number of morpholine rings is 1. The van der Waals surface area contributed by atoms with Crippen LogP contribution in [0.2, 0.25) is 5.02 Å². The summed E-state index contributed by atoms with van der Waals surface area (Å²) in [6, 6.07) is 12.2. The molecule has 41 heavy (non-hydrogen) atoms. The maximum Gasteiger partial charge on any atom is 0.294 e. The largest absolute Gasteiger partial charge is 0.447 e. The highest BCUT2D eigenvalue weighted by molar-refractivity contribution is 6.30. The van der Waals surface area contributed by atoms with Crippen LogP contribution in [0.3, 0.4) is 0 Å². The summed E-state index contributed by atoms with van der Waals surface area (Å²) in [5.74, 6) is -0.946. The van der Waals surface area contributed by atoms with E-state index < -0.39 is 5.91 Å². The van der Waals surface area contributed by atoms with Gasteiger partial charge < -0.3 is 24.7 Å². The number of furan rings is 1. The third-order valence-corrected chi connectivity index (χ3v) is 7.64. The van der Waals surface area contributed by atoms with Crippen LogP contribution in [-0.2, 0) is 14.3 Å². The zero-order chi connectivity index (χ0) is 28.3. The van der Waals surface area contributed by atoms with Gasteiger partial charge in [0.2, 0.25) is 17.6 Å². The number of amides is 3. The maximum absolute atomic E-state index is 13.5. The molecule has 2 aliphatic rings. The number of aromatic nitrogens is 3. The molecule has 0 unspecified atom stereocenters. The van der Waals surface area contributed by atoms with Crippen molar-refractivity contribution >= 4 is 51.9 Å². The Bertz CT molecular complexity index is 1580. The number of pyridine rings is 3. The summed E-state index contributed by atoms with van der Waals surface area (Å²) < 4.78 is 11.2. The lowest BCUT2D eigenvalue weighted by atomic mass is 9.84. The molecule has 0 atom stereocenters. The smallest absolute Gasteiger partial charge is 0.294 e. The molecule has 1 aliphatic carbocycles. The lowest BCUT2D eigenvalue weighted by Gasteiger charge is -2.38. The van der Waals surface area contributed by atoms with Gasteiger partial charge in [-0.05, 0) is 62.1 Å². The minimum atomic E-state index is -0.595. The number of hydrogen-bond acceptors (Lipinski definition) is 8. The molecule has 2 N–H and O–H groups in total. The molecule has 2 fully saturated rings. The molecule has 1 saturated heterocycles. The third-order valence-electron chi connectivity index (χ3n) is 7.42. The summed E-state index contributed by atoms with van der Waals surface area (Å²) in [6.45, 7) is 1.22. The van der Waals surface area contributed by atoms with Gasteiger partial charge in [-0.1, -0.05) is 17.7 Å². The number of nitrogens with zero attached hydrogens (tertiary/aromatic N) is 4. The molecule has 6 rings (SSSR count). The zero-order valence-corrected chi connectivity index (χ0v) is 22.8. The number of halogens is 1. The van der Waals surface area contributed by atoms with Crippen molar-refractivity contribution in [3.8, 4) is 11.4 Å². The number of carbonyl (C=O) groups excluding carboxylic acids is 3. The predicted octanol–water partition coefficient (Wildman–Crippen LogP) is 4.55. The van der Waals surface area contributed by atoms with E-state index >= 15 is 0 Å². The molecule has 4 aromatic rings. The lowest BCUT2D eigenvalue weighted by molar-refractivity contribution is -0.146. The van der Waals surface area contributed by atoms with Gasteiger partial charge in [0.1, 0.15) is 23.6 Å². The second kappa shape index (κ2) is 11.6. The summed E-state index contributed by atoms with van der Waals surface area (Å²) in [5.41, 5.74) is 2.06. The van der Waals surface area contributed by atoms with E-state index in [9.17, 15) is 14.4 Å². The normalized spacial score (nSPS) is 19.2. The van der Waals surface area contributed by atoms with Gasteiger partial charge in [-0.25, -0.2) is 9.97 Å². The quantitative estimate of drug-likeness (QED) is 0.342. The summed E-state index contributed by atoms with van der Waals surface area (Å²) in [6.07, 6.45) is 5.73. The molecular formula is C29H27ClN6O5. The standard InChI is InChI=1S/C29H27ClN6O5/c30-18-6-11-23(32-15-18)34-29(39)27-26(25-22(41-27)10-9-21(33-25)20-3-1-2-12-31-20)35-28(38)17-4-7-19(8-5-17)36-13-14-40-16-24(36)37/h1-3,6,9-12,15,17,19H,4-5,7-8,13-14,16H2,(H,35,38)(H,32,34,39)/t17-,19-. The molecule has 4 aromatic heterocycles. The minimum Gasteiger partial charge on any atom is -0.447 e. The van der Waals surface area contributed by atoms with Crippen LogP contribution in [0.5, 0.6) is 0 Å². The van der Waals surface area contributed by atoms with Crippen molar-refractivity contribution in [2.45, 2.75) is 31.7 Å². The van der Waals surface area contributed by atoms with Gasteiger partial charge in [-0.3, -0.25) is 19.4 Å². The molecular weight excluding hydrogens is 548 g/mol. The molecule has 1 aliphatic heterocycles. The van der Waals surface area contributed by atoms with Crippen LogP contribution in [0, 0.1) is 5.92 Å². The summed E-state index contributed by atoms with van der Waals surface area (Å²) in [7, 11) is 0. The van der Waals surface area contributed by atoms with Gasteiger partial charge in [-0.15, -0.1) is 0 Å². The van der Waals surface area contributed by atoms with Crippen molar-refractivity contribution in [3.05, 3.63) is 65.6 Å². The SMILES string of the molecule is O=C(Nc1ccc(Cl)cn1)c1oc2ccc(-c3ccccn3)nc2c1NC(=O)[C@H]1CC[C@H](N2CCOCC2=O)CC1. The van der Waals surface area contributed by atoms with Gasteiger partial charge in [0, 0.05) is 30.9 Å². The monoisotopic (exact) mass is 574 g/mol. The summed E-state index contributed by atoms with van der Waals surface area (Å²) in [4.78, 5) is 54.2. The molecule has 0 aromatic carbocycles. The lowest BCUT2D eigenvalue weighted by Crippen LogP contribution is -2.49. The fraction of sp³-hybridized carbons (Fsp3) is 0.310. The Balaban J connectivity index is 1.26. The Labute approximate surface area is 240 Å². The fourth-order valence-electron chi connectivity index (χ4n) is 5.32. The highest BCUT2D eigenvalue weighted by Crippen LogP contribution is 2.34. The summed E-state index contributed by atoms with van der Waals surface area (Å²) >= 11 is 5.92. The average molecular weight is 575 g/mol. The van der Waals surface area contributed by atoms with Crippen LogP contribution in [-0.4, -0.2) is 63.4 Å². The molecule has 0 radical (unpaired) electrons. The first-order chi connectivity index (χ1) is 20.0. The van der Waals surface area contributed by atoms with Crippen molar-refractivity contribution in [2.75, 3.05) is 30.4 Å². The second-order valence-electron chi connectivity index (χ2n) is 10.0. The van der Waals surface area contributed by atoms with Crippen molar-refractivity contribution in [1.29, 1.82) is 0 Å². The Kier molecular flexibility index (Phi) is 7.62. The summed E-state index contributed by atoms with van der Waals surface area (Å²) in [5, 5.41) is 6.06. The Morgan fingerprint density at radius 1 is 0.976 bits per heavy atom. The number of carbonyl (C=O) groups is 3. The van der Waals surface area contributed by atoms with Gasteiger partial charge in [0.15, 0.2) is 5.58 Å². The number of ether oxygens (including phenoxy) is 1. The van der Waals surface area contributed by atoms with E-state index in [1.54, 1.807) is 30.5 Å². The van der Waals surface area contributed by atoms with Gasteiger partial charge in [0.25, 0.3) is 5.91 Å². The average Bonchev–Trinajstić information content (AvgIpc) is 3.36. The Hall–Kier alpha value is -4.35. The molecule has 0 bridgehead atoms. The first kappa shape index (κ1) is 26.9. The molecule has 210 valence electrons. The molecule has 0 spiro atoms. The van der Waals surface area contributed by atoms with Crippen LogP contribution in [0.15, 0.2) is 59.3 Å². The van der Waals surface area contributed by atoms with Crippen molar-refractivity contribution in [2.24, 2.45) is 5.92 Å². The fourth-order valence-corrected chi connectivity index (χ4v) is 5.43. The number of nitrogens with one attached hydrogen (secondary N) is 2. The van der Waals surface area contributed by atoms with Gasteiger partial charge >= 0.3 is 0 Å². The number of fused-ring (bicyclic) bond motifs is 1. The van der Waals surface area contributed by atoms with E-state index in [4.69, 9.17) is 25.7 Å². The molecule has 3 amide bonds. The molecule has 5 heterocycles. The zero-order valence-electron chi connectivity index (χ0n) is 22.0. The van der Waals surface area contributed by atoms with Gasteiger partial charge in [-0.2, -0.15) is 0 Å². The Morgan fingerprint density at radius 2 is 1.83 bits per heavy atom. The Morgan fingerprint density at radius 3 is 2.56 bits per heavy atom. The van der Waals surface area contributed by atoms with Crippen molar-refractivity contribution in [1.82, 2.24) is 19.9 Å². The van der Waals surface area contributed by atoms with Crippen LogP contribution in [0.25, 0.3) is 22.5 Å². The first-order valence-corrected chi connectivity index (χ1v) is 13.8. The third kappa shape index (κ3) is 5.77. The van der Waals surface area contributed by atoms with Gasteiger partial charge in [0.05, 0.1) is 23.0 Å². The highest BCUT2D eigenvalue weighted by Gasteiger charge is 2.34. The van der Waals surface area contributed by atoms with Crippen molar-refractivity contribution in [3.63, 3.8) is 0 Å². The molecule has 1 saturated carbocycles. The first-order valence-electron chi connectivity index (χ1n) is 13.4. The van der Waals surface area contributed by atoms with Crippen LogP contribution < -0.4 is 10.6 Å². The topological polar surface area (TPSA) is 140 Å². The van der Waals surface area contributed by atoms with Crippen LogP contribution >= 0.6 is 11.6 Å². The van der Waals surface area contributed by atoms with Crippen LogP contribution in [0.4, 0.5) is 11.5 Å². The van der Waals surface area contributed by atoms with Crippen molar-refractivity contribution < 1.29 is 23.5 Å². The van der Waals surface area contributed by atoms with E-state index in [-0.39, 0.29) is 47.6 Å². The number of hydrogen-bond donors (Lipinski definition) is 2. The van der Waals surface area contributed by atoms with E-state index in [2.05, 4.69) is 20.6 Å². The predicted molar refractivity (Wildman–Crippen MR) is 151 cm³/mol. The number of anilines is 2. The minimum absolute atomic E-state index is 0.00497. The van der Waals surface area contributed by atoms with E-state index in [1.165, 1.54) is 6.20 Å².